The van der Waals surface area contributed by atoms with E-state index in [1.165, 1.54) is 6.07 Å². The van der Waals surface area contributed by atoms with Gasteiger partial charge in [0.15, 0.2) is 5.75 Å². The Balaban J connectivity index is 2.22. The van der Waals surface area contributed by atoms with Gasteiger partial charge in [-0.25, -0.2) is 0 Å². The lowest BCUT2D eigenvalue weighted by molar-refractivity contribution is -0.386. The van der Waals surface area contributed by atoms with Crippen LogP contribution in [0.3, 0.4) is 0 Å². The molecule has 110 valence electrons. The van der Waals surface area contributed by atoms with Crippen molar-refractivity contribution in [2.75, 3.05) is 7.05 Å². The summed E-state index contributed by atoms with van der Waals surface area (Å²) in [4.78, 5) is 10.6. The van der Waals surface area contributed by atoms with Crippen molar-refractivity contribution >= 4 is 21.6 Å². The molecular formula is C15H15BrN2O3. The lowest BCUT2D eigenvalue weighted by atomic mass is 10.2. The van der Waals surface area contributed by atoms with Crippen LogP contribution in [0.4, 0.5) is 5.69 Å². The molecule has 1 N–H and O–H groups in total. The van der Waals surface area contributed by atoms with E-state index in [2.05, 4.69) is 21.2 Å². The topological polar surface area (TPSA) is 64.4 Å². The highest BCUT2D eigenvalue weighted by atomic mass is 79.9. The Morgan fingerprint density at radius 3 is 2.71 bits per heavy atom. The molecule has 0 atom stereocenters. The molecule has 0 fully saturated rings. The summed E-state index contributed by atoms with van der Waals surface area (Å²) in [5.41, 5.74) is 1.85. The highest BCUT2D eigenvalue weighted by molar-refractivity contribution is 9.10. The van der Waals surface area contributed by atoms with Gasteiger partial charge in [0, 0.05) is 22.6 Å². The zero-order valence-corrected chi connectivity index (χ0v) is 13.1. The lowest BCUT2D eigenvalue weighted by Crippen LogP contribution is -2.06. The van der Waals surface area contributed by atoms with E-state index in [0.717, 1.165) is 15.6 Å². The van der Waals surface area contributed by atoms with Crippen LogP contribution in [0.25, 0.3) is 0 Å². The van der Waals surface area contributed by atoms with Gasteiger partial charge in [-0.1, -0.05) is 40.2 Å². The van der Waals surface area contributed by atoms with Crippen LogP contribution in [-0.2, 0) is 13.2 Å². The number of nitro benzene ring substituents is 1. The molecular weight excluding hydrogens is 336 g/mol. The first-order valence-electron chi connectivity index (χ1n) is 6.40. The summed E-state index contributed by atoms with van der Waals surface area (Å²) in [5, 5.41) is 14.1. The van der Waals surface area contributed by atoms with E-state index < -0.39 is 4.92 Å². The van der Waals surface area contributed by atoms with Crippen molar-refractivity contribution in [1.82, 2.24) is 5.32 Å². The van der Waals surface area contributed by atoms with Gasteiger partial charge in [0.2, 0.25) is 0 Å². The van der Waals surface area contributed by atoms with Crippen molar-refractivity contribution in [1.29, 1.82) is 0 Å². The molecule has 0 aliphatic heterocycles. The third-order valence-electron chi connectivity index (χ3n) is 2.94. The summed E-state index contributed by atoms with van der Waals surface area (Å²) in [6.45, 7) is 0.897. The van der Waals surface area contributed by atoms with Crippen LogP contribution in [0, 0.1) is 10.1 Å². The SMILES string of the molecule is CNCc1ccc([N+](=O)[O-])c(OCc2ccccc2Br)c1. The fourth-order valence-electron chi connectivity index (χ4n) is 1.91. The molecule has 0 aromatic heterocycles. The van der Waals surface area contributed by atoms with Crippen molar-refractivity contribution in [3.05, 3.63) is 68.2 Å². The van der Waals surface area contributed by atoms with Crippen molar-refractivity contribution in [2.24, 2.45) is 0 Å². The van der Waals surface area contributed by atoms with E-state index in [-0.39, 0.29) is 18.0 Å². The molecule has 0 heterocycles. The summed E-state index contributed by atoms with van der Waals surface area (Å²) in [5.74, 6) is 0.281. The van der Waals surface area contributed by atoms with Gasteiger partial charge in [-0.3, -0.25) is 10.1 Å². The highest BCUT2D eigenvalue weighted by Gasteiger charge is 2.16. The molecule has 21 heavy (non-hydrogen) atoms. The minimum absolute atomic E-state index is 0.0260. The van der Waals surface area contributed by atoms with Gasteiger partial charge in [0.05, 0.1) is 4.92 Å². The van der Waals surface area contributed by atoms with Crippen LogP contribution < -0.4 is 10.1 Å². The van der Waals surface area contributed by atoms with Gasteiger partial charge in [0.1, 0.15) is 6.61 Å². The van der Waals surface area contributed by atoms with Crippen molar-refractivity contribution in [3.63, 3.8) is 0 Å². The van der Waals surface area contributed by atoms with E-state index in [4.69, 9.17) is 4.74 Å². The molecule has 0 bridgehead atoms. The fourth-order valence-corrected chi connectivity index (χ4v) is 2.31. The molecule has 2 aromatic rings. The summed E-state index contributed by atoms with van der Waals surface area (Å²) >= 11 is 3.43. The molecule has 0 saturated heterocycles. The number of nitrogens with one attached hydrogen (secondary N) is 1. The first kappa shape index (κ1) is 15.5. The second kappa shape index (κ2) is 7.19. The number of nitrogens with zero attached hydrogens (tertiary/aromatic N) is 1. The predicted octanol–water partition coefficient (Wildman–Crippen LogP) is 3.66. The number of ether oxygens (including phenoxy) is 1. The minimum atomic E-state index is -0.432. The molecule has 0 aliphatic carbocycles. The molecule has 0 aliphatic rings. The van der Waals surface area contributed by atoms with Crippen LogP contribution in [0.2, 0.25) is 0 Å². The van der Waals surface area contributed by atoms with Crippen molar-refractivity contribution in [3.8, 4) is 5.75 Å². The number of nitro groups is 1. The fraction of sp³-hybridized carbons (Fsp3) is 0.200. The largest absolute Gasteiger partial charge is 0.482 e. The third-order valence-corrected chi connectivity index (χ3v) is 3.72. The summed E-state index contributed by atoms with van der Waals surface area (Å²) < 4.78 is 6.57. The smallest absolute Gasteiger partial charge is 0.310 e. The van der Waals surface area contributed by atoms with Crippen LogP contribution in [0.15, 0.2) is 46.9 Å². The highest BCUT2D eigenvalue weighted by Crippen LogP contribution is 2.29. The van der Waals surface area contributed by atoms with Crippen LogP contribution in [-0.4, -0.2) is 12.0 Å². The van der Waals surface area contributed by atoms with Gasteiger partial charge in [-0.15, -0.1) is 0 Å². The molecule has 6 heteroatoms. The maximum absolute atomic E-state index is 11.1. The van der Waals surface area contributed by atoms with Gasteiger partial charge in [0.25, 0.3) is 0 Å². The maximum Gasteiger partial charge on any atom is 0.310 e. The standard InChI is InChI=1S/C15H15BrN2O3/c1-17-9-11-6-7-14(18(19)20)15(8-11)21-10-12-4-2-3-5-13(12)16/h2-8,17H,9-10H2,1H3. The molecule has 5 nitrogen and oxygen atoms in total. The Morgan fingerprint density at radius 2 is 2.05 bits per heavy atom. The molecule has 0 spiro atoms. The van der Waals surface area contributed by atoms with Crippen LogP contribution >= 0.6 is 15.9 Å². The first-order valence-corrected chi connectivity index (χ1v) is 7.19. The Kier molecular flexibility index (Phi) is 5.30. The van der Waals surface area contributed by atoms with Gasteiger partial charge >= 0.3 is 5.69 Å². The Morgan fingerprint density at radius 1 is 1.29 bits per heavy atom. The number of rotatable bonds is 6. The Bertz CT molecular complexity index is 647. The summed E-state index contributed by atoms with van der Waals surface area (Å²) in [6, 6.07) is 12.5. The third kappa shape index (κ3) is 4.03. The molecule has 2 aromatic carbocycles. The summed E-state index contributed by atoms with van der Waals surface area (Å²) in [6.07, 6.45) is 0. The van der Waals surface area contributed by atoms with Gasteiger partial charge in [-0.2, -0.15) is 0 Å². The molecule has 2 rings (SSSR count). The van der Waals surface area contributed by atoms with E-state index in [0.29, 0.717) is 6.54 Å². The first-order chi connectivity index (χ1) is 10.1. The molecule has 0 radical (unpaired) electrons. The second-order valence-corrected chi connectivity index (χ2v) is 5.32. The Hall–Kier alpha value is -1.92. The van der Waals surface area contributed by atoms with Crippen molar-refractivity contribution in [2.45, 2.75) is 13.2 Å². The maximum atomic E-state index is 11.1. The molecule has 0 saturated carbocycles. The van der Waals surface area contributed by atoms with E-state index in [1.54, 1.807) is 12.1 Å². The Labute approximate surface area is 131 Å². The van der Waals surface area contributed by atoms with Crippen LogP contribution in [0.5, 0.6) is 5.75 Å². The summed E-state index contributed by atoms with van der Waals surface area (Å²) in [7, 11) is 1.82. The van der Waals surface area contributed by atoms with E-state index in [9.17, 15) is 10.1 Å². The molecule has 0 unspecified atom stereocenters. The normalized spacial score (nSPS) is 10.4. The average Bonchev–Trinajstić information content (AvgIpc) is 2.46. The zero-order chi connectivity index (χ0) is 15.2. The van der Waals surface area contributed by atoms with E-state index >= 15 is 0 Å². The number of hydrogen-bond acceptors (Lipinski definition) is 4. The average molecular weight is 351 g/mol. The monoisotopic (exact) mass is 350 g/mol. The minimum Gasteiger partial charge on any atom is -0.482 e. The van der Waals surface area contributed by atoms with Crippen LogP contribution in [0.1, 0.15) is 11.1 Å². The van der Waals surface area contributed by atoms with Gasteiger partial charge in [-0.05, 0) is 24.7 Å². The van der Waals surface area contributed by atoms with Gasteiger partial charge < -0.3 is 10.1 Å². The van der Waals surface area contributed by atoms with Crippen molar-refractivity contribution < 1.29 is 9.66 Å². The second-order valence-electron chi connectivity index (χ2n) is 4.47. The number of halogens is 1. The van der Waals surface area contributed by atoms with E-state index in [1.807, 2.05) is 31.3 Å². The number of benzene rings is 2. The zero-order valence-electron chi connectivity index (χ0n) is 11.5. The molecule has 0 amide bonds. The number of hydrogen-bond donors (Lipinski definition) is 1. The predicted molar refractivity (Wildman–Crippen MR) is 84.3 cm³/mol. The lowest BCUT2D eigenvalue weighted by Gasteiger charge is -2.10. The quantitative estimate of drug-likeness (QED) is 0.637.